The van der Waals surface area contributed by atoms with Crippen molar-refractivity contribution in [3.05, 3.63) is 23.4 Å². The molecule has 0 aliphatic carbocycles. The molecule has 0 aliphatic heterocycles. The van der Waals surface area contributed by atoms with Crippen LogP contribution in [0.5, 0.6) is 5.88 Å². The molecule has 102 valence electrons. The maximum atomic E-state index is 5.75. The molecular weight excluding hydrogens is 224 g/mol. The van der Waals surface area contributed by atoms with Crippen molar-refractivity contribution in [3.63, 3.8) is 0 Å². The number of aromatic nitrogens is 1. The molecule has 0 spiro atoms. The van der Waals surface area contributed by atoms with Crippen molar-refractivity contribution in [2.45, 2.75) is 53.7 Å². The van der Waals surface area contributed by atoms with Crippen LogP contribution in [0.1, 0.15) is 45.9 Å². The summed E-state index contributed by atoms with van der Waals surface area (Å²) in [6.07, 6.45) is 0. The topological polar surface area (TPSA) is 34.1 Å². The summed E-state index contributed by atoms with van der Waals surface area (Å²) in [7, 11) is 0. The summed E-state index contributed by atoms with van der Waals surface area (Å²) < 4.78 is 5.75. The van der Waals surface area contributed by atoms with E-state index in [4.69, 9.17) is 4.74 Å². The second kappa shape index (κ2) is 6.19. The van der Waals surface area contributed by atoms with Gasteiger partial charge in [-0.25, -0.2) is 4.98 Å². The molecule has 0 radical (unpaired) electrons. The fraction of sp³-hybridized carbons (Fsp3) is 0.667. The van der Waals surface area contributed by atoms with Crippen molar-refractivity contribution in [3.8, 4) is 5.88 Å². The lowest BCUT2D eigenvalue weighted by atomic mass is 10.1. The minimum Gasteiger partial charge on any atom is -0.472 e. The number of rotatable bonds is 5. The zero-order chi connectivity index (χ0) is 13.8. The molecule has 0 amide bonds. The van der Waals surface area contributed by atoms with Gasteiger partial charge in [0.05, 0.1) is 0 Å². The molecule has 3 heteroatoms. The van der Waals surface area contributed by atoms with Gasteiger partial charge >= 0.3 is 0 Å². The van der Waals surface area contributed by atoms with E-state index in [2.05, 4.69) is 30.2 Å². The van der Waals surface area contributed by atoms with Crippen molar-refractivity contribution >= 4 is 0 Å². The van der Waals surface area contributed by atoms with Gasteiger partial charge in [-0.3, -0.25) is 0 Å². The lowest BCUT2D eigenvalue weighted by Crippen LogP contribution is -2.24. The van der Waals surface area contributed by atoms with Gasteiger partial charge in [0.2, 0.25) is 5.88 Å². The monoisotopic (exact) mass is 250 g/mol. The number of nitrogens with zero attached hydrogens (tertiary/aromatic N) is 1. The average molecular weight is 250 g/mol. The molecule has 1 heterocycles. The van der Waals surface area contributed by atoms with Gasteiger partial charge in [-0.1, -0.05) is 19.9 Å². The Morgan fingerprint density at radius 3 is 2.44 bits per heavy atom. The van der Waals surface area contributed by atoms with Gasteiger partial charge in [-0.05, 0) is 45.7 Å². The molecule has 0 saturated heterocycles. The maximum Gasteiger partial charge on any atom is 0.213 e. The number of hydrogen-bond donors (Lipinski definition) is 1. The second-order valence-corrected chi connectivity index (χ2v) is 6.13. The van der Waals surface area contributed by atoms with E-state index >= 15 is 0 Å². The zero-order valence-electron chi connectivity index (χ0n) is 12.5. The van der Waals surface area contributed by atoms with Gasteiger partial charge in [0.1, 0.15) is 5.60 Å². The highest BCUT2D eigenvalue weighted by molar-refractivity contribution is 5.25. The molecule has 18 heavy (non-hydrogen) atoms. The number of ether oxygens (including phenoxy) is 1. The Morgan fingerprint density at radius 1 is 1.28 bits per heavy atom. The van der Waals surface area contributed by atoms with Gasteiger partial charge in [0.15, 0.2) is 0 Å². The molecule has 1 N–H and O–H groups in total. The van der Waals surface area contributed by atoms with Gasteiger partial charge in [0, 0.05) is 18.3 Å². The van der Waals surface area contributed by atoms with Crippen molar-refractivity contribution in [1.82, 2.24) is 10.3 Å². The Balaban J connectivity index is 2.62. The van der Waals surface area contributed by atoms with E-state index in [1.165, 1.54) is 5.56 Å². The first-order valence-electron chi connectivity index (χ1n) is 6.64. The third kappa shape index (κ3) is 5.50. The largest absolute Gasteiger partial charge is 0.472 e. The van der Waals surface area contributed by atoms with Crippen molar-refractivity contribution in [2.24, 2.45) is 5.92 Å². The summed E-state index contributed by atoms with van der Waals surface area (Å²) in [5.74, 6) is 1.37. The number of nitrogens with one attached hydrogen (secondary N) is 1. The van der Waals surface area contributed by atoms with E-state index in [1.54, 1.807) is 0 Å². The second-order valence-electron chi connectivity index (χ2n) is 6.13. The highest BCUT2D eigenvalue weighted by Crippen LogP contribution is 2.17. The van der Waals surface area contributed by atoms with Crippen LogP contribution in [0.4, 0.5) is 0 Å². The lowest BCUT2D eigenvalue weighted by molar-refractivity contribution is 0.124. The molecule has 1 rings (SSSR count). The zero-order valence-corrected chi connectivity index (χ0v) is 12.5. The smallest absolute Gasteiger partial charge is 0.213 e. The lowest BCUT2D eigenvalue weighted by Gasteiger charge is -2.21. The first-order chi connectivity index (χ1) is 8.28. The van der Waals surface area contributed by atoms with Crippen molar-refractivity contribution in [2.75, 3.05) is 6.54 Å². The fourth-order valence-corrected chi connectivity index (χ4v) is 1.62. The van der Waals surface area contributed by atoms with Crippen molar-refractivity contribution < 1.29 is 4.74 Å². The van der Waals surface area contributed by atoms with E-state index in [0.717, 1.165) is 18.8 Å². The van der Waals surface area contributed by atoms with Gasteiger partial charge < -0.3 is 10.1 Å². The Bertz CT molecular complexity index is 381. The van der Waals surface area contributed by atoms with Crippen LogP contribution in [0.15, 0.2) is 12.1 Å². The average Bonchev–Trinajstić information content (AvgIpc) is 2.18. The predicted octanol–water partition coefficient (Wildman–Crippen LogP) is 3.31. The molecule has 0 aliphatic rings. The quantitative estimate of drug-likeness (QED) is 0.870. The normalized spacial score (nSPS) is 11.9. The predicted molar refractivity (Wildman–Crippen MR) is 75.9 cm³/mol. The van der Waals surface area contributed by atoms with Crippen LogP contribution in [0.25, 0.3) is 0 Å². The molecule has 1 aromatic heterocycles. The molecule has 0 fully saturated rings. The molecule has 0 atom stereocenters. The van der Waals surface area contributed by atoms with Gasteiger partial charge in [0.25, 0.3) is 0 Å². The molecule has 3 nitrogen and oxygen atoms in total. The van der Waals surface area contributed by atoms with E-state index in [9.17, 15) is 0 Å². The number of hydrogen-bond acceptors (Lipinski definition) is 3. The molecule has 0 bridgehead atoms. The van der Waals surface area contributed by atoms with E-state index in [-0.39, 0.29) is 5.60 Å². The SMILES string of the molecule is Cc1nc(OC(C)(C)C)ccc1CNCC(C)C. The molecular formula is C15H26N2O. The first-order valence-corrected chi connectivity index (χ1v) is 6.64. The minimum absolute atomic E-state index is 0.198. The number of pyridine rings is 1. The van der Waals surface area contributed by atoms with Crippen LogP contribution in [0, 0.1) is 12.8 Å². The van der Waals surface area contributed by atoms with Crippen LogP contribution in [0.2, 0.25) is 0 Å². The molecule has 1 aromatic rings. The summed E-state index contributed by atoms with van der Waals surface area (Å²) in [5.41, 5.74) is 2.07. The molecule has 0 saturated carbocycles. The van der Waals surface area contributed by atoms with Crippen molar-refractivity contribution in [1.29, 1.82) is 0 Å². The first kappa shape index (κ1) is 15.0. The van der Waals surface area contributed by atoms with Crippen LogP contribution >= 0.6 is 0 Å². The fourth-order valence-electron chi connectivity index (χ4n) is 1.62. The third-order valence-corrected chi connectivity index (χ3v) is 2.45. The summed E-state index contributed by atoms with van der Waals surface area (Å²) in [5, 5.41) is 3.43. The standard InChI is InChI=1S/C15H26N2O/c1-11(2)9-16-10-13-7-8-14(17-12(13)3)18-15(4,5)6/h7-8,11,16H,9-10H2,1-6H3. The van der Waals surface area contributed by atoms with Gasteiger partial charge in [-0.2, -0.15) is 0 Å². The van der Waals surface area contributed by atoms with E-state index in [0.29, 0.717) is 11.8 Å². The Hall–Kier alpha value is -1.09. The van der Waals surface area contributed by atoms with Crippen LogP contribution < -0.4 is 10.1 Å². The Labute approximate surface area is 111 Å². The summed E-state index contributed by atoms with van der Waals surface area (Å²) in [6, 6.07) is 4.04. The third-order valence-electron chi connectivity index (χ3n) is 2.45. The van der Waals surface area contributed by atoms with E-state index < -0.39 is 0 Å². The Kier molecular flexibility index (Phi) is 5.15. The molecule has 0 aromatic carbocycles. The Morgan fingerprint density at radius 2 is 1.94 bits per heavy atom. The van der Waals surface area contributed by atoms with E-state index in [1.807, 2.05) is 33.8 Å². The summed E-state index contributed by atoms with van der Waals surface area (Å²) >= 11 is 0. The molecule has 0 unspecified atom stereocenters. The van der Waals surface area contributed by atoms with Crippen LogP contribution in [-0.4, -0.2) is 17.1 Å². The minimum atomic E-state index is -0.198. The summed E-state index contributed by atoms with van der Waals surface area (Å²) in [6.45, 7) is 14.4. The highest BCUT2D eigenvalue weighted by atomic mass is 16.5. The highest BCUT2D eigenvalue weighted by Gasteiger charge is 2.13. The van der Waals surface area contributed by atoms with Gasteiger partial charge in [-0.15, -0.1) is 0 Å². The maximum absolute atomic E-state index is 5.75. The van der Waals surface area contributed by atoms with Crippen LogP contribution in [0.3, 0.4) is 0 Å². The number of aryl methyl sites for hydroxylation is 1. The van der Waals surface area contributed by atoms with Crippen LogP contribution in [-0.2, 0) is 6.54 Å². The summed E-state index contributed by atoms with van der Waals surface area (Å²) in [4.78, 5) is 4.49.